The second kappa shape index (κ2) is 11.9. The number of pyridine rings is 1. The zero-order chi connectivity index (χ0) is 29.0. The Labute approximate surface area is 238 Å². The van der Waals surface area contributed by atoms with Gasteiger partial charge in [-0.2, -0.15) is 5.10 Å². The third kappa shape index (κ3) is 6.97. The summed E-state index contributed by atoms with van der Waals surface area (Å²) in [5.41, 5.74) is 3.45. The average molecular weight is 560 g/mol. The predicted molar refractivity (Wildman–Crippen MR) is 154 cm³/mol. The average Bonchev–Trinajstić information content (AvgIpc) is 3.40. The van der Waals surface area contributed by atoms with Crippen LogP contribution in [0.5, 0.6) is 5.75 Å². The van der Waals surface area contributed by atoms with Crippen LogP contribution in [0.4, 0.5) is 20.8 Å². The molecule has 1 saturated heterocycles. The van der Waals surface area contributed by atoms with E-state index in [0.717, 1.165) is 34.7 Å². The van der Waals surface area contributed by atoms with Crippen LogP contribution >= 0.6 is 0 Å². The smallest absolute Gasteiger partial charge is 0.410 e. The Morgan fingerprint density at radius 1 is 1.15 bits per heavy atom. The fraction of sp³-hybridized carbons (Fsp3) is 0.367. The number of hydrogen-bond acceptors (Lipinski definition) is 8. The maximum absolute atomic E-state index is 14.9. The predicted octanol–water partition coefficient (Wildman–Crippen LogP) is 5.89. The first-order valence-corrected chi connectivity index (χ1v) is 13.7. The second-order valence-electron chi connectivity index (χ2n) is 10.8. The van der Waals surface area contributed by atoms with E-state index in [4.69, 9.17) is 19.6 Å². The number of benzene rings is 1. The van der Waals surface area contributed by atoms with Crippen molar-refractivity contribution in [1.82, 2.24) is 29.6 Å². The summed E-state index contributed by atoms with van der Waals surface area (Å²) in [6, 6.07) is 12.9. The molecule has 0 bridgehead atoms. The molecule has 2 atom stereocenters. The lowest BCUT2D eigenvalue weighted by Gasteiger charge is -2.35. The molecule has 10 nitrogen and oxygen atoms in total. The minimum Gasteiger partial charge on any atom is -0.487 e. The van der Waals surface area contributed by atoms with Crippen molar-refractivity contribution in [2.45, 2.75) is 58.5 Å². The van der Waals surface area contributed by atoms with E-state index in [-0.39, 0.29) is 6.54 Å². The Bertz CT molecular complexity index is 1470. The summed E-state index contributed by atoms with van der Waals surface area (Å²) < 4.78 is 28.0. The lowest BCUT2D eigenvalue weighted by molar-refractivity contribution is -0.0105. The van der Waals surface area contributed by atoms with Gasteiger partial charge in [0.15, 0.2) is 6.17 Å². The number of aromatic nitrogens is 5. The quantitative estimate of drug-likeness (QED) is 0.299. The van der Waals surface area contributed by atoms with Gasteiger partial charge >= 0.3 is 6.09 Å². The van der Waals surface area contributed by atoms with E-state index in [1.165, 1.54) is 4.90 Å². The standard InChI is InChI=1S/C30H34FN7O3/c1-5-38-18-23(27(36-38)20-7-6-14-32-17-20)25-12-15-33-28(35-25)34-21-8-10-22(11-9-21)40-26-13-16-37(19-24(26)31)29(39)41-30(2,3)4/h6-12,14-15,17-18,24,26H,5,13,16,19H2,1-4H3,(H,33,34,35). The molecular weight excluding hydrogens is 525 g/mol. The molecule has 1 aliphatic heterocycles. The topological polar surface area (TPSA) is 107 Å². The zero-order valence-corrected chi connectivity index (χ0v) is 23.6. The van der Waals surface area contributed by atoms with Gasteiger partial charge < -0.3 is 19.7 Å². The summed E-state index contributed by atoms with van der Waals surface area (Å²) in [4.78, 5) is 27.0. The summed E-state index contributed by atoms with van der Waals surface area (Å²) in [5, 5.41) is 7.93. The van der Waals surface area contributed by atoms with E-state index >= 15 is 0 Å². The van der Waals surface area contributed by atoms with Gasteiger partial charge in [0.1, 0.15) is 23.1 Å². The van der Waals surface area contributed by atoms with Crippen molar-refractivity contribution in [3.63, 3.8) is 0 Å². The Balaban J connectivity index is 1.23. The van der Waals surface area contributed by atoms with Gasteiger partial charge in [-0.25, -0.2) is 19.2 Å². The first-order valence-electron chi connectivity index (χ1n) is 13.7. The Hall–Kier alpha value is -4.54. The molecule has 3 aromatic heterocycles. The van der Waals surface area contributed by atoms with Gasteiger partial charge in [0, 0.05) is 61.1 Å². The van der Waals surface area contributed by atoms with Gasteiger partial charge in [0.05, 0.1) is 12.2 Å². The molecule has 1 aromatic carbocycles. The molecule has 11 heteroatoms. The highest BCUT2D eigenvalue weighted by atomic mass is 19.1. The van der Waals surface area contributed by atoms with Crippen molar-refractivity contribution in [3.8, 4) is 28.3 Å². The van der Waals surface area contributed by atoms with Gasteiger partial charge in [0.2, 0.25) is 5.95 Å². The van der Waals surface area contributed by atoms with Crippen LogP contribution in [-0.4, -0.2) is 66.7 Å². The Morgan fingerprint density at radius 3 is 2.63 bits per heavy atom. The van der Waals surface area contributed by atoms with Crippen molar-refractivity contribution in [1.29, 1.82) is 0 Å². The number of piperidine rings is 1. The monoisotopic (exact) mass is 559 g/mol. The molecule has 1 fully saturated rings. The number of ether oxygens (including phenoxy) is 2. The largest absolute Gasteiger partial charge is 0.487 e. The van der Waals surface area contributed by atoms with Crippen molar-refractivity contribution in [3.05, 3.63) is 67.3 Å². The van der Waals surface area contributed by atoms with Crippen LogP contribution in [0.2, 0.25) is 0 Å². The third-order valence-electron chi connectivity index (χ3n) is 6.48. The first kappa shape index (κ1) is 28.0. The highest BCUT2D eigenvalue weighted by Gasteiger charge is 2.35. The maximum Gasteiger partial charge on any atom is 0.410 e. The molecule has 1 aliphatic rings. The molecule has 0 saturated carbocycles. The summed E-state index contributed by atoms with van der Waals surface area (Å²) in [7, 11) is 0. The number of hydrogen-bond donors (Lipinski definition) is 1. The number of amides is 1. The summed E-state index contributed by atoms with van der Waals surface area (Å²) in [5.74, 6) is 0.965. The number of likely N-dealkylation sites (tertiary alicyclic amines) is 1. The molecular formula is C30H34FN7O3. The number of anilines is 2. The van der Waals surface area contributed by atoms with Gasteiger partial charge in [0.25, 0.3) is 0 Å². The number of nitrogens with one attached hydrogen (secondary N) is 1. The molecule has 4 heterocycles. The van der Waals surface area contributed by atoms with Gasteiger partial charge in [-0.1, -0.05) is 0 Å². The Kier molecular flexibility index (Phi) is 8.14. The van der Waals surface area contributed by atoms with E-state index in [1.807, 2.05) is 48.1 Å². The summed E-state index contributed by atoms with van der Waals surface area (Å²) in [6.07, 6.45) is 5.08. The molecule has 0 radical (unpaired) electrons. The SMILES string of the molecule is CCn1cc(-c2ccnc(Nc3ccc(OC4CCN(C(=O)OC(C)(C)C)CC4F)cc3)n2)c(-c2cccnc2)n1. The lowest BCUT2D eigenvalue weighted by Crippen LogP contribution is -2.50. The minimum atomic E-state index is -1.32. The van der Waals surface area contributed by atoms with E-state index in [0.29, 0.717) is 24.7 Å². The van der Waals surface area contributed by atoms with E-state index < -0.39 is 24.0 Å². The molecule has 5 rings (SSSR count). The number of aryl methyl sites for hydroxylation is 1. The van der Waals surface area contributed by atoms with Crippen LogP contribution in [0, 0.1) is 0 Å². The summed E-state index contributed by atoms with van der Waals surface area (Å²) >= 11 is 0. The zero-order valence-electron chi connectivity index (χ0n) is 23.6. The van der Waals surface area contributed by atoms with Crippen LogP contribution in [0.1, 0.15) is 34.1 Å². The normalized spacial score (nSPS) is 17.2. The molecule has 1 amide bonds. The molecule has 4 aromatic rings. The van der Waals surface area contributed by atoms with E-state index in [1.54, 1.807) is 51.5 Å². The first-order chi connectivity index (χ1) is 19.7. The van der Waals surface area contributed by atoms with Crippen LogP contribution in [0.15, 0.2) is 67.3 Å². The van der Waals surface area contributed by atoms with Crippen molar-refractivity contribution >= 4 is 17.7 Å². The number of carbonyl (C=O) groups is 1. The third-order valence-corrected chi connectivity index (χ3v) is 6.48. The van der Waals surface area contributed by atoms with Crippen molar-refractivity contribution < 1.29 is 18.7 Å². The molecule has 214 valence electrons. The number of nitrogens with zero attached hydrogens (tertiary/aromatic N) is 6. The fourth-order valence-corrected chi connectivity index (χ4v) is 4.48. The number of carbonyl (C=O) groups excluding carboxylic acids is 1. The van der Waals surface area contributed by atoms with E-state index in [2.05, 4.69) is 15.3 Å². The number of alkyl halides is 1. The second-order valence-corrected chi connectivity index (χ2v) is 10.8. The van der Waals surface area contributed by atoms with Crippen molar-refractivity contribution in [2.75, 3.05) is 18.4 Å². The highest BCUT2D eigenvalue weighted by Crippen LogP contribution is 2.30. The van der Waals surface area contributed by atoms with Crippen LogP contribution in [0.25, 0.3) is 22.5 Å². The molecule has 0 spiro atoms. The molecule has 2 unspecified atom stereocenters. The number of halogens is 1. The minimum absolute atomic E-state index is 0.0629. The van der Waals surface area contributed by atoms with Crippen LogP contribution < -0.4 is 10.1 Å². The van der Waals surface area contributed by atoms with Crippen LogP contribution in [0.3, 0.4) is 0 Å². The maximum atomic E-state index is 14.9. The van der Waals surface area contributed by atoms with Gasteiger partial charge in [-0.15, -0.1) is 0 Å². The van der Waals surface area contributed by atoms with Gasteiger partial charge in [-0.3, -0.25) is 9.67 Å². The Morgan fingerprint density at radius 2 is 1.95 bits per heavy atom. The molecule has 1 N–H and O–H groups in total. The van der Waals surface area contributed by atoms with Gasteiger partial charge in [-0.05, 0) is 70.2 Å². The highest BCUT2D eigenvalue weighted by molar-refractivity contribution is 5.78. The fourth-order valence-electron chi connectivity index (χ4n) is 4.48. The van der Waals surface area contributed by atoms with E-state index in [9.17, 15) is 9.18 Å². The molecule has 41 heavy (non-hydrogen) atoms. The molecule has 0 aliphatic carbocycles. The lowest BCUT2D eigenvalue weighted by atomic mass is 10.1. The van der Waals surface area contributed by atoms with Crippen molar-refractivity contribution in [2.24, 2.45) is 0 Å². The number of rotatable bonds is 7. The van der Waals surface area contributed by atoms with Crippen LogP contribution in [-0.2, 0) is 11.3 Å². The summed E-state index contributed by atoms with van der Waals surface area (Å²) in [6.45, 7) is 8.43.